The van der Waals surface area contributed by atoms with Crippen LogP contribution in [0, 0.1) is 0 Å². The minimum absolute atomic E-state index is 0.0242. The van der Waals surface area contributed by atoms with Gasteiger partial charge in [-0.3, -0.25) is 4.68 Å². The zero-order valence-corrected chi connectivity index (χ0v) is 11.4. The van der Waals surface area contributed by atoms with Gasteiger partial charge < -0.3 is 5.73 Å². The van der Waals surface area contributed by atoms with Crippen LogP contribution in [0.3, 0.4) is 0 Å². The molecule has 2 N–H and O–H groups in total. The van der Waals surface area contributed by atoms with Gasteiger partial charge in [0.2, 0.25) is 0 Å². The average Bonchev–Trinajstić information content (AvgIpc) is 2.89. The minimum atomic E-state index is -1.13. The van der Waals surface area contributed by atoms with E-state index >= 15 is 0 Å². The lowest BCUT2D eigenvalue weighted by molar-refractivity contribution is 0.168. The second-order valence-electron chi connectivity index (χ2n) is 5.59. The summed E-state index contributed by atoms with van der Waals surface area (Å²) < 4.78 is 16.5. The lowest BCUT2D eigenvalue weighted by Gasteiger charge is -2.18. The van der Waals surface area contributed by atoms with Gasteiger partial charge in [-0.05, 0) is 38.2 Å². The molecular weight excluding hydrogens is 229 g/mol. The summed E-state index contributed by atoms with van der Waals surface area (Å²) in [5.41, 5.74) is 5.52. The molecule has 1 aliphatic carbocycles. The molecule has 1 aromatic rings. The van der Waals surface area contributed by atoms with E-state index in [0.29, 0.717) is 25.3 Å². The predicted molar refractivity (Wildman–Crippen MR) is 71.2 cm³/mol. The van der Waals surface area contributed by atoms with Crippen LogP contribution in [-0.4, -0.2) is 21.5 Å². The SMILES string of the molecule is CCC(CC)n1ccc(CC2(F)CCC(N)C2)n1. The molecule has 0 amide bonds. The van der Waals surface area contributed by atoms with E-state index in [4.69, 9.17) is 5.73 Å². The highest BCUT2D eigenvalue weighted by atomic mass is 19.1. The molecule has 3 nitrogen and oxygen atoms in total. The van der Waals surface area contributed by atoms with Crippen molar-refractivity contribution in [3.63, 3.8) is 0 Å². The highest BCUT2D eigenvalue weighted by Crippen LogP contribution is 2.35. The second kappa shape index (κ2) is 5.39. The Morgan fingerprint density at radius 1 is 1.56 bits per heavy atom. The van der Waals surface area contributed by atoms with Crippen LogP contribution in [0.4, 0.5) is 4.39 Å². The Bertz CT molecular complexity index is 386. The molecule has 1 fully saturated rings. The first kappa shape index (κ1) is 13.5. The van der Waals surface area contributed by atoms with Crippen molar-refractivity contribution in [3.05, 3.63) is 18.0 Å². The van der Waals surface area contributed by atoms with Gasteiger partial charge in [0.15, 0.2) is 0 Å². The molecule has 1 aromatic heterocycles. The average molecular weight is 253 g/mol. The van der Waals surface area contributed by atoms with E-state index < -0.39 is 5.67 Å². The first-order chi connectivity index (χ1) is 8.56. The summed E-state index contributed by atoms with van der Waals surface area (Å²) >= 11 is 0. The fraction of sp³-hybridized carbons (Fsp3) is 0.786. The Kier molecular flexibility index (Phi) is 4.05. The first-order valence-electron chi connectivity index (χ1n) is 7.05. The molecule has 1 aliphatic rings. The third-order valence-electron chi connectivity index (χ3n) is 4.07. The molecule has 0 spiro atoms. The van der Waals surface area contributed by atoms with Crippen molar-refractivity contribution in [3.8, 4) is 0 Å². The number of nitrogens with two attached hydrogens (primary N) is 1. The molecule has 2 rings (SSSR count). The van der Waals surface area contributed by atoms with Crippen molar-refractivity contribution in [2.24, 2.45) is 5.73 Å². The van der Waals surface area contributed by atoms with Crippen molar-refractivity contribution in [2.75, 3.05) is 0 Å². The van der Waals surface area contributed by atoms with Gasteiger partial charge >= 0.3 is 0 Å². The zero-order valence-electron chi connectivity index (χ0n) is 11.4. The van der Waals surface area contributed by atoms with Crippen LogP contribution in [-0.2, 0) is 6.42 Å². The monoisotopic (exact) mass is 253 g/mol. The lowest BCUT2D eigenvalue weighted by atomic mass is 9.98. The van der Waals surface area contributed by atoms with Crippen molar-refractivity contribution in [2.45, 2.75) is 70.1 Å². The molecule has 2 atom stereocenters. The number of hydrogen-bond donors (Lipinski definition) is 1. The molecule has 1 heterocycles. The van der Waals surface area contributed by atoms with Gasteiger partial charge in [-0.25, -0.2) is 4.39 Å². The third-order valence-corrected chi connectivity index (χ3v) is 4.07. The van der Waals surface area contributed by atoms with E-state index in [1.807, 2.05) is 16.9 Å². The number of nitrogens with zero attached hydrogens (tertiary/aromatic N) is 2. The molecule has 0 radical (unpaired) electrons. The van der Waals surface area contributed by atoms with Gasteiger partial charge in [0.1, 0.15) is 5.67 Å². The molecular formula is C14H24FN3. The molecule has 0 bridgehead atoms. The normalized spacial score (nSPS) is 28.2. The van der Waals surface area contributed by atoms with Crippen LogP contribution in [0.15, 0.2) is 12.3 Å². The lowest BCUT2D eigenvalue weighted by Crippen LogP contribution is -2.26. The van der Waals surface area contributed by atoms with Crippen LogP contribution >= 0.6 is 0 Å². The van der Waals surface area contributed by atoms with Gasteiger partial charge in [-0.15, -0.1) is 0 Å². The molecule has 2 unspecified atom stereocenters. The second-order valence-corrected chi connectivity index (χ2v) is 5.59. The molecule has 1 saturated carbocycles. The van der Waals surface area contributed by atoms with Crippen LogP contribution in [0.5, 0.6) is 0 Å². The van der Waals surface area contributed by atoms with Gasteiger partial charge in [0.05, 0.1) is 11.7 Å². The molecule has 0 aromatic carbocycles. The Balaban J connectivity index is 2.02. The standard InChI is InChI=1S/C14H24FN3/c1-3-13(4-2)18-8-6-12(17-18)10-14(15)7-5-11(16)9-14/h6,8,11,13H,3-5,7,9-10,16H2,1-2H3. The topological polar surface area (TPSA) is 43.8 Å². The molecule has 0 aliphatic heterocycles. The van der Waals surface area contributed by atoms with E-state index in [-0.39, 0.29) is 6.04 Å². The number of halogens is 1. The number of aromatic nitrogens is 2. The van der Waals surface area contributed by atoms with Gasteiger partial charge in [-0.1, -0.05) is 13.8 Å². The molecule has 0 saturated heterocycles. The van der Waals surface area contributed by atoms with E-state index in [2.05, 4.69) is 18.9 Å². The fourth-order valence-corrected chi connectivity index (χ4v) is 2.94. The molecule has 18 heavy (non-hydrogen) atoms. The van der Waals surface area contributed by atoms with Crippen molar-refractivity contribution in [1.29, 1.82) is 0 Å². The Labute approximate surface area is 109 Å². The van der Waals surface area contributed by atoms with E-state index in [0.717, 1.165) is 25.0 Å². The highest BCUT2D eigenvalue weighted by Gasteiger charge is 2.38. The zero-order chi connectivity index (χ0) is 13.2. The molecule has 102 valence electrons. The smallest absolute Gasteiger partial charge is 0.118 e. The Morgan fingerprint density at radius 2 is 2.28 bits per heavy atom. The predicted octanol–water partition coefficient (Wildman–Crippen LogP) is 3.01. The minimum Gasteiger partial charge on any atom is -0.328 e. The number of alkyl halides is 1. The van der Waals surface area contributed by atoms with Crippen LogP contribution in [0.1, 0.15) is 57.7 Å². The van der Waals surface area contributed by atoms with Crippen molar-refractivity contribution >= 4 is 0 Å². The van der Waals surface area contributed by atoms with Gasteiger partial charge in [-0.2, -0.15) is 5.10 Å². The summed E-state index contributed by atoms with van der Waals surface area (Å²) in [6, 6.07) is 2.40. The largest absolute Gasteiger partial charge is 0.328 e. The Morgan fingerprint density at radius 3 is 2.83 bits per heavy atom. The quantitative estimate of drug-likeness (QED) is 0.876. The Hall–Kier alpha value is -0.900. The first-order valence-corrected chi connectivity index (χ1v) is 7.05. The van der Waals surface area contributed by atoms with Gasteiger partial charge in [0, 0.05) is 18.7 Å². The number of hydrogen-bond acceptors (Lipinski definition) is 2. The summed E-state index contributed by atoms with van der Waals surface area (Å²) in [6.07, 6.45) is 6.35. The summed E-state index contributed by atoms with van der Waals surface area (Å²) in [6.45, 7) is 4.31. The maximum absolute atomic E-state index is 14.5. The third kappa shape index (κ3) is 2.91. The van der Waals surface area contributed by atoms with Crippen LogP contribution < -0.4 is 5.73 Å². The highest BCUT2D eigenvalue weighted by molar-refractivity contribution is 5.07. The van der Waals surface area contributed by atoms with Crippen molar-refractivity contribution in [1.82, 2.24) is 9.78 Å². The summed E-state index contributed by atoms with van der Waals surface area (Å²) in [5, 5.41) is 4.52. The van der Waals surface area contributed by atoms with Crippen LogP contribution in [0.2, 0.25) is 0 Å². The molecule has 4 heteroatoms. The van der Waals surface area contributed by atoms with E-state index in [1.54, 1.807) is 0 Å². The van der Waals surface area contributed by atoms with Crippen LogP contribution in [0.25, 0.3) is 0 Å². The fourth-order valence-electron chi connectivity index (χ4n) is 2.94. The summed E-state index contributed by atoms with van der Waals surface area (Å²) in [5.74, 6) is 0. The summed E-state index contributed by atoms with van der Waals surface area (Å²) in [4.78, 5) is 0. The van der Waals surface area contributed by atoms with Crippen molar-refractivity contribution < 1.29 is 4.39 Å². The number of rotatable bonds is 5. The maximum atomic E-state index is 14.5. The van der Waals surface area contributed by atoms with E-state index in [9.17, 15) is 4.39 Å². The van der Waals surface area contributed by atoms with Gasteiger partial charge in [0.25, 0.3) is 0 Å². The maximum Gasteiger partial charge on any atom is 0.118 e. The summed E-state index contributed by atoms with van der Waals surface area (Å²) in [7, 11) is 0. The van der Waals surface area contributed by atoms with E-state index in [1.165, 1.54) is 0 Å².